The predicted molar refractivity (Wildman–Crippen MR) is 81.3 cm³/mol. The average molecular weight is 271 g/mol. The first-order chi connectivity index (χ1) is 9.79. The molecule has 2 rings (SSSR count). The fraction of sp³-hybridized carbons (Fsp3) is 0.438. The Kier molecular flexibility index (Phi) is 5.60. The van der Waals surface area contributed by atoms with Gasteiger partial charge in [0, 0.05) is 12.2 Å². The first kappa shape index (κ1) is 14.6. The van der Waals surface area contributed by atoms with Gasteiger partial charge in [-0.25, -0.2) is 0 Å². The molecule has 0 aromatic heterocycles. The Morgan fingerprint density at radius 1 is 1.30 bits per heavy atom. The summed E-state index contributed by atoms with van der Waals surface area (Å²) < 4.78 is 0. The number of terminal acetylenes is 1. The maximum atomic E-state index is 11.8. The molecule has 0 bridgehead atoms. The molecule has 1 amide bonds. The highest BCUT2D eigenvalue weighted by atomic mass is 16.1. The highest BCUT2D eigenvalue weighted by Gasteiger charge is 2.14. The molecule has 4 nitrogen and oxygen atoms in total. The average Bonchev–Trinajstić information content (AvgIpc) is 2.94. The zero-order valence-corrected chi connectivity index (χ0v) is 11.7. The van der Waals surface area contributed by atoms with Gasteiger partial charge in [-0.2, -0.15) is 0 Å². The number of nitrogens with zero attached hydrogens (tertiary/aromatic N) is 1. The molecule has 0 saturated carbocycles. The van der Waals surface area contributed by atoms with Gasteiger partial charge in [-0.1, -0.05) is 24.1 Å². The van der Waals surface area contributed by atoms with Crippen LogP contribution in [0, 0.1) is 12.3 Å². The van der Waals surface area contributed by atoms with Crippen molar-refractivity contribution in [2.24, 2.45) is 0 Å². The monoisotopic (exact) mass is 271 g/mol. The first-order valence-corrected chi connectivity index (χ1v) is 7.04. The maximum absolute atomic E-state index is 11.8. The quantitative estimate of drug-likeness (QED) is 0.608. The van der Waals surface area contributed by atoms with E-state index in [1.54, 1.807) is 0 Å². The summed E-state index contributed by atoms with van der Waals surface area (Å²) in [5, 5.41) is 5.84. The third-order valence-corrected chi connectivity index (χ3v) is 3.40. The Hall–Kier alpha value is -1.83. The number of likely N-dealkylation sites (tertiary alicyclic amines) is 1. The minimum atomic E-state index is -0.0610. The Balaban J connectivity index is 1.93. The molecule has 4 heteroatoms. The minimum Gasteiger partial charge on any atom is -0.325 e. The molecular formula is C16H21N3O. The van der Waals surface area contributed by atoms with Crippen LogP contribution >= 0.6 is 0 Å². The van der Waals surface area contributed by atoms with Gasteiger partial charge in [0.25, 0.3) is 0 Å². The van der Waals surface area contributed by atoms with Crippen LogP contribution in [0.2, 0.25) is 0 Å². The molecule has 1 fully saturated rings. The Morgan fingerprint density at radius 3 is 2.80 bits per heavy atom. The van der Waals surface area contributed by atoms with E-state index in [0.29, 0.717) is 6.54 Å². The van der Waals surface area contributed by atoms with Crippen LogP contribution in [0.5, 0.6) is 0 Å². The van der Waals surface area contributed by atoms with Gasteiger partial charge in [-0.3, -0.25) is 15.0 Å². The number of carbonyl (C=O) groups excluding carboxylic acids is 1. The minimum absolute atomic E-state index is 0.0610. The second kappa shape index (κ2) is 7.68. The Bertz CT molecular complexity index is 487. The van der Waals surface area contributed by atoms with Crippen LogP contribution in [0.15, 0.2) is 24.3 Å². The fourth-order valence-electron chi connectivity index (χ4n) is 2.40. The van der Waals surface area contributed by atoms with Crippen LogP contribution < -0.4 is 10.6 Å². The molecule has 1 aromatic carbocycles. The third-order valence-electron chi connectivity index (χ3n) is 3.40. The summed E-state index contributed by atoms with van der Waals surface area (Å²) in [6, 6.07) is 7.98. The standard InChI is InChI=1S/C16H21N3O/c1-2-9-17-12-16(20)18-15-8-4-3-7-14(15)13-19-10-5-6-11-19/h1,3-4,7-8,17H,5-6,9-13H2,(H,18,20). The van der Waals surface area contributed by atoms with Crippen molar-refractivity contribution in [3.63, 3.8) is 0 Å². The van der Waals surface area contributed by atoms with E-state index in [-0.39, 0.29) is 12.5 Å². The van der Waals surface area contributed by atoms with Crippen molar-refractivity contribution in [3.8, 4) is 12.3 Å². The molecule has 0 spiro atoms. The van der Waals surface area contributed by atoms with E-state index in [4.69, 9.17) is 6.42 Å². The summed E-state index contributed by atoms with van der Waals surface area (Å²) in [6.07, 6.45) is 7.67. The number of benzene rings is 1. The van der Waals surface area contributed by atoms with Crippen molar-refractivity contribution < 1.29 is 4.79 Å². The van der Waals surface area contributed by atoms with Gasteiger partial charge >= 0.3 is 0 Å². The molecule has 106 valence electrons. The van der Waals surface area contributed by atoms with Crippen molar-refractivity contribution in [1.29, 1.82) is 0 Å². The number of amides is 1. The summed E-state index contributed by atoms with van der Waals surface area (Å²) >= 11 is 0. The number of nitrogens with one attached hydrogen (secondary N) is 2. The predicted octanol–water partition coefficient (Wildman–Crippen LogP) is 1.44. The molecule has 0 aliphatic carbocycles. The van der Waals surface area contributed by atoms with Crippen molar-refractivity contribution >= 4 is 11.6 Å². The summed E-state index contributed by atoms with van der Waals surface area (Å²) in [7, 11) is 0. The zero-order valence-electron chi connectivity index (χ0n) is 11.7. The van der Waals surface area contributed by atoms with E-state index in [1.807, 2.05) is 18.2 Å². The van der Waals surface area contributed by atoms with Gasteiger partial charge in [-0.05, 0) is 37.6 Å². The largest absolute Gasteiger partial charge is 0.325 e. The number of para-hydroxylation sites is 1. The zero-order chi connectivity index (χ0) is 14.2. The van der Waals surface area contributed by atoms with E-state index in [1.165, 1.54) is 18.4 Å². The maximum Gasteiger partial charge on any atom is 0.238 e. The van der Waals surface area contributed by atoms with Crippen molar-refractivity contribution in [2.75, 3.05) is 31.5 Å². The van der Waals surface area contributed by atoms with Crippen LogP contribution in [0.4, 0.5) is 5.69 Å². The molecule has 0 unspecified atom stereocenters. The van der Waals surface area contributed by atoms with E-state index in [2.05, 4.69) is 27.5 Å². The van der Waals surface area contributed by atoms with Crippen LogP contribution in [-0.4, -0.2) is 37.0 Å². The molecule has 0 atom stereocenters. The molecule has 1 saturated heterocycles. The Morgan fingerprint density at radius 2 is 2.05 bits per heavy atom. The van der Waals surface area contributed by atoms with Crippen LogP contribution in [0.25, 0.3) is 0 Å². The lowest BCUT2D eigenvalue weighted by atomic mass is 10.1. The number of rotatable bonds is 6. The second-order valence-electron chi connectivity index (χ2n) is 5.00. The van der Waals surface area contributed by atoms with Crippen LogP contribution in [-0.2, 0) is 11.3 Å². The molecule has 1 aliphatic heterocycles. The van der Waals surface area contributed by atoms with E-state index in [9.17, 15) is 4.79 Å². The third kappa shape index (κ3) is 4.37. The van der Waals surface area contributed by atoms with E-state index < -0.39 is 0 Å². The van der Waals surface area contributed by atoms with E-state index in [0.717, 1.165) is 25.3 Å². The first-order valence-electron chi connectivity index (χ1n) is 7.04. The van der Waals surface area contributed by atoms with Gasteiger partial charge in [-0.15, -0.1) is 6.42 Å². The Labute approximate surface area is 120 Å². The van der Waals surface area contributed by atoms with Gasteiger partial charge < -0.3 is 5.32 Å². The number of hydrogen-bond acceptors (Lipinski definition) is 3. The molecule has 2 N–H and O–H groups in total. The summed E-state index contributed by atoms with van der Waals surface area (Å²) in [5.74, 6) is 2.39. The lowest BCUT2D eigenvalue weighted by molar-refractivity contribution is -0.115. The van der Waals surface area contributed by atoms with E-state index >= 15 is 0 Å². The lowest BCUT2D eigenvalue weighted by Gasteiger charge is -2.17. The topological polar surface area (TPSA) is 44.4 Å². The number of carbonyl (C=O) groups is 1. The highest BCUT2D eigenvalue weighted by Crippen LogP contribution is 2.19. The van der Waals surface area contributed by atoms with Crippen molar-refractivity contribution in [1.82, 2.24) is 10.2 Å². The molecule has 1 aliphatic rings. The lowest BCUT2D eigenvalue weighted by Crippen LogP contribution is -2.29. The SMILES string of the molecule is C#CCNCC(=O)Nc1ccccc1CN1CCCC1. The normalized spacial score (nSPS) is 14.9. The van der Waals surface area contributed by atoms with Gasteiger partial charge in [0.05, 0.1) is 13.1 Å². The fourth-order valence-corrected chi connectivity index (χ4v) is 2.40. The molecular weight excluding hydrogens is 250 g/mol. The summed E-state index contributed by atoms with van der Waals surface area (Å²) in [4.78, 5) is 14.2. The van der Waals surface area contributed by atoms with Gasteiger partial charge in [0.2, 0.25) is 5.91 Å². The van der Waals surface area contributed by atoms with Crippen molar-refractivity contribution in [2.45, 2.75) is 19.4 Å². The smallest absolute Gasteiger partial charge is 0.238 e. The van der Waals surface area contributed by atoms with Crippen molar-refractivity contribution in [3.05, 3.63) is 29.8 Å². The molecule has 0 radical (unpaired) electrons. The highest BCUT2D eigenvalue weighted by molar-refractivity contribution is 5.93. The molecule has 1 aromatic rings. The number of anilines is 1. The summed E-state index contributed by atoms with van der Waals surface area (Å²) in [5.41, 5.74) is 2.06. The number of hydrogen-bond donors (Lipinski definition) is 2. The van der Waals surface area contributed by atoms with Gasteiger partial charge in [0.15, 0.2) is 0 Å². The van der Waals surface area contributed by atoms with Gasteiger partial charge in [0.1, 0.15) is 0 Å². The molecule has 1 heterocycles. The molecule has 20 heavy (non-hydrogen) atoms. The second-order valence-corrected chi connectivity index (χ2v) is 5.00. The van der Waals surface area contributed by atoms with Crippen LogP contribution in [0.3, 0.4) is 0 Å². The summed E-state index contributed by atoms with van der Waals surface area (Å²) in [6.45, 7) is 3.83. The van der Waals surface area contributed by atoms with Crippen LogP contribution in [0.1, 0.15) is 18.4 Å².